The van der Waals surface area contributed by atoms with E-state index in [1.54, 1.807) is 13.8 Å². The Morgan fingerprint density at radius 3 is 2.81 bits per heavy atom. The Labute approximate surface area is 96.9 Å². The maximum atomic E-state index is 10.8. The van der Waals surface area contributed by atoms with Crippen molar-refractivity contribution in [1.29, 1.82) is 0 Å². The highest BCUT2D eigenvalue weighted by molar-refractivity contribution is 5.73. The van der Waals surface area contributed by atoms with Crippen LogP contribution in [-0.4, -0.2) is 37.0 Å². The zero-order chi connectivity index (χ0) is 12.0. The number of carbonyl (C=O) groups is 1. The summed E-state index contributed by atoms with van der Waals surface area (Å²) in [6.07, 6.45) is 3.76. The molecule has 1 aliphatic heterocycles. The van der Waals surface area contributed by atoms with Gasteiger partial charge in [0.15, 0.2) is 0 Å². The lowest BCUT2D eigenvalue weighted by Crippen LogP contribution is -2.23. The van der Waals surface area contributed by atoms with Crippen LogP contribution in [0.25, 0.3) is 0 Å². The number of aliphatic carboxylic acids is 1. The molecule has 1 atom stereocenters. The van der Waals surface area contributed by atoms with Crippen LogP contribution >= 0.6 is 0 Å². The topological polar surface area (TPSA) is 55.8 Å². The standard InChI is InChI=1S/C12H22O4/c1-12(2,11(13)14)6-3-4-7-16-10-5-8-15-9-10/h10H,3-9H2,1-2H3,(H,13,14). The maximum absolute atomic E-state index is 10.8. The predicted molar refractivity (Wildman–Crippen MR) is 60.4 cm³/mol. The van der Waals surface area contributed by atoms with Crippen LogP contribution in [0.15, 0.2) is 0 Å². The minimum absolute atomic E-state index is 0.257. The molecule has 1 rings (SSSR count). The highest BCUT2D eigenvalue weighted by Gasteiger charge is 2.26. The Balaban J connectivity index is 2.01. The van der Waals surface area contributed by atoms with Gasteiger partial charge in [-0.1, -0.05) is 6.42 Å². The summed E-state index contributed by atoms with van der Waals surface area (Å²) < 4.78 is 10.8. The van der Waals surface area contributed by atoms with E-state index < -0.39 is 11.4 Å². The highest BCUT2D eigenvalue weighted by atomic mass is 16.5. The molecular formula is C12H22O4. The third-order valence-electron chi connectivity index (χ3n) is 3.02. The fourth-order valence-corrected chi connectivity index (χ4v) is 1.67. The van der Waals surface area contributed by atoms with Crippen LogP contribution < -0.4 is 0 Å². The second-order valence-electron chi connectivity index (χ2n) is 5.00. The molecule has 0 amide bonds. The summed E-state index contributed by atoms with van der Waals surface area (Å²) in [5, 5.41) is 8.92. The van der Waals surface area contributed by atoms with Crippen LogP contribution in [0, 0.1) is 5.41 Å². The van der Waals surface area contributed by atoms with E-state index in [9.17, 15) is 4.79 Å². The van der Waals surface area contributed by atoms with Gasteiger partial charge >= 0.3 is 5.97 Å². The quantitative estimate of drug-likeness (QED) is 0.680. The largest absolute Gasteiger partial charge is 0.481 e. The fourth-order valence-electron chi connectivity index (χ4n) is 1.67. The van der Waals surface area contributed by atoms with E-state index in [4.69, 9.17) is 14.6 Å². The molecule has 1 aliphatic rings. The van der Waals surface area contributed by atoms with E-state index >= 15 is 0 Å². The van der Waals surface area contributed by atoms with Crippen molar-refractivity contribution in [3.8, 4) is 0 Å². The Kier molecular flexibility index (Phi) is 5.22. The van der Waals surface area contributed by atoms with Crippen molar-refractivity contribution in [2.24, 2.45) is 5.41 Å². The zero-order valence-corrected chi connectivity index (χ0v) is 10.2. The van der Waals surface area contributed by atoms with Crippen LogP contribution in [0.2, 0.25) is 0 Å². The van der Waals surface area contributed by atoms with Crippen molar-refractivity contribution < 1.29 is 19.4 Å². The fraction of sp³-hybridized carbons (Fsp3) is 0.917. The van der Waals surface area contributed by atoms with Crippen LogP contribution in [0.4, 0.5) is 0 Å². The Morgan fingerprint density at radius 2 is 2.25 bits per heavy atom. The van der Waals surface area contributed by atoms with Crippen LogP contribution in [-0.2, 0) is 14.3 Å². The molecule has 1 heterocycles. The molecule has 0 aromatic heterocycles. The van der Waals surface area contributed by atoms with Crippen molar-refractivity contribution in [2.75, 3.05) is 19.8 Å². The third kappa shape index (κ3) is 4.49. The molecule has 0 aliphatic carbocycles. The molecule has 4 heteroatoms. The van der Waals surface area contributed by atoms with E-state index in [0.717, 1.165) is 25.9 Å². The average molecular weight is 230 g/mol. The van der Waals surface area contributed by atoms with Gasteiger partial charge in [0.1, 0.15) is 0 Å². The molecule has 0 aromatic carbocycles. The van der Waals surface area contributed by atoms with Gasteiger partial charge in [-0.25, -0.2) is 0 Å². The van der Waals surface area contributed by atoms with Gasteiger partial charge in [-0.15, -0.1) is 0 Å². The van der Waals surface area contributed by atoms with Crippen LogP contribution in [0.5, 0.6) is 0 Å². The molecule has 0 saturated carbocycles. The van der Waals surface area contributed by atoms with Gasteiger partial charge in [0, 0.05) is 13.2 Å². The SMILES string of the molecule is CC(C)(CCCCOC1CCOC1)C(=O)O. The van der Waals surface area contributed by atoms with Gasteiger partial charge in [-0.3, -0.25) is 4.79 Å². The molecule has 16 heavy (non-hydrogen) atoms. The number of ether oxygens (including phenoxy) is 2. The first kappa shape index (κ1) is 13.5. The molecule has 1 unspecified atom stereocenters. The summed E-state index contributed by atoms with van der Waals surface area (Å²) in [4.78, 5) is 10.8. The molecular weight excluding hydrogens is 208 g/mol. The van der Waals surface area contributed by atoms with Crippen molar-refractivity contribution in [3.05, 3.63) is 0 Å². The number of carboxylic acid groups (broad SMARTS) is 1. The lowest BCUT2D eigenvalue weighted by molar-refractivity contribution is -0.147. The summed E-state index contributed by atoms with van der Waals surface area (Å²) in [6.45, 7) is 5.75. The monoisotopic (exact) mass is 230 g/mol. The second-order valence-corrected chi connectivity index (χ2v) is 5.00. The summed E-state index contributed by atoms with van der Waals surface area (Å²) >= 11 is 0. The smallest absolute Gasteiger partial charge is 0.309 e. The minimum Gasteiger partial charge on any atom is -0.481 e. The van der Waals surface area contributed by atoms with Crippen molar-refractivity contribution in [2.45, 2.75) is 45.6 Å². The van der Waals surface area contributed by atoms with E-state index in [1.165, 1.54) is 0 Å². The predicted octanol–water partition coefficient (Wildman–Crippen LogP) is 2.07. The van der Waals surface area contributed by atoms with Gasteiger partial charge < -0.3 is 14.6 Å². The first-order valence-corrected chi connectivity index (χ1v) is 5.95. The van der Waals surface area contributed by atoms with Gasteiger partial charge in [0.2, 0.25) is 0 Å². The molecule has 0 bridgehead atoms. The molecule has 0 radical (unpaired) electrons. The number of rotatable bonds is 7. The minimum atomic E-state index is -0.724. The Bertz CT molecular complexity index is 219. The van der Waals surface area contributed by atoms with Gasteiger partial charge in [-0.05, 0) is 33.1 Å². The van der Waals surface area contributed by atoms with Crippen LogP contribution in [0.3, 0.4) is 0 Å². The Hall–Kier alpha value is -0.610. The summed E-state index contributed by atoms with van der Waals surface area (Å²) in [6, 6.07) is 0. The molecule has 4 nitrogen and oxygen atoms in total. The first-order valence-electron chi connectivity index (χ1n) is 5.95. The normalized spacial score (nSPS) is 21.2. The summed E-state index contributed by atoms with van der Waals surface area (Å²) in [5.41, 5.74) is -0.615. The first-order chi connectivity index (χ1) is 7.52. The molecule has 1 saturated heterocycles. The Morgan fingerprint density at radius 1 is 1.50 bits per heavy atom. The van der Waals surface area contributed by atoms with Gasteiger partial charge in [-0.2, -0.15) is 0 Å². The zero-order valence-electron chi connectivity index (χ0n) is 10.2. The molecule has 1 fully saturated rings. The maximum Gasteiger partial charge on any atom is 0.309 e. The van der Waals surface area contributed by atoms with Crippen molar-refractivity contribution in [1.82, 2.24) is 0 Å². The van der Waals surface area contributed by atoms with E-state index in [0.29, 0.717) is 19.6 Å². The lowest BCUT2D eigenvalue weighted by Gasteiger charge is -2.18. The van der Waals surface area contributed by atoms with E-state index in [-0.39, 0.29) is 6.10 Å². The third-order valence-corrected chi connectivity index (χ3v) is 3.02. The van der Waals surface area contributed by atoms with E-state index in [2.05, 4.69) is 0 Å². The lowest BCUT2D eigenvalue weighted by atomic mass is 9.87. The molecule has 0 spiro atoms. The summed E-state index contributed by atoms with van der Waals surface area (Å²) in [5.74, 6) is -0.724. The molecule has 1 N–H and O–H groups in total. The van der Waals surface area contributed by atoms with Crippen LogP contribution in [0.1, 0.15) is 39.5 Å². The number of carboxylic acids is 1. The highest BCUT2D eigenvalue weighted by Crippen LogP contribution is 2.23. The molecule has 94 valence electrons. The van der Waals surface area contributed by atoms with Crippen molar-refractivity contribution >= 4 is 5.97 Å². The van der Waals surface area contributed by atoms with E-state index in [1.807, 2.05) is 0 Å². The van der Waals surface area contributed by atoms with Gasteiger partial charge in [0.05, 0.1) is 18.1 Å². The average Bonchev–Trinajstić information content (AvgIpc) is 2.69. The number of hydrogen-bond acceptors (Lipinski definition) is 3. The van der Waals surface area contributed by atoms with Gasteiger partial charge in [0.25, 0.3) is 0 Å². The second kappa shape index (κ2) is 6.21. The summed E-state index contributed by atoms with van der Waals surface area (Å²) in [7, 11) is 0. The number of unbranched alkanes of at least 4 members (excludes halogenated alkanes) is 1. The van der Waals surface area contributed by atoms with Crippen molar-refractivity contribution in [3.63, 3.8) is 0 Å². The molecule has 0 aromatic rings. The number of hydrogen-bond donors (Lipinski definition) is 1.